The van der Waals surface area contributed by atoms with Crippen LogP contribution in [0.15, 0.2) is 127 Å². The molecular formula is C41H37F4N3O. The monoisotopic (exact) mass is 663 g/mol. The van der Waals surface area contributed by atoms with Gasteiger partial charge in [0.15, 0.2) is 5.82 Å². The molecule has 0 spiro atoms. The Hall–Kier alpha value is -5.24. The third-order valence-electron chi connectivity index (χ3n) is 9.42. The van der Waals surface area contributed by atoms with Gasteiger partial charge in [-0.2, -0.15) is 13.2 Å². The average Bonchev–Trinajstić information content (AvgIpc) is 3.14. The molecule has 8 heteroatoms. The molecule has 0 unspecified atom stereocenters. The Morgan fingerprint density at radius 1 is 0.735 bits per heavy atom. The average molecular weight is 664 g/mol. The molecule has 1 aliphatic rings. The molecule has 2 N–H and O–H groups in total. The van der Waals surface area contributed by atoms with Crippen molar-refractivity contribution in [3.63, 3.8) is 0 Å². The first-order valence-electron chi connectivity index (χ1n) is 16.5. The van der Waals surface area contributed by atoms with Gasteiger partial charge in [-0.1, -0.05) is 135 Å². The highest BCUT2D eigenvalue weighted by Gasteiger charge is 2.44. The maximum atomic E-state index is 17.1. The normalized spacial score (nSPS) is 13.9. The fourth-order valence-corrected chi connectivity index (χ4v) is 6.94. The first-order chi connectivity index (χ1) is 23.7. The lowest BCUT2D eigenvalue weighted by atomic mass is 9.76. The second kappa shape index (κ2) is 14.5. The van der Waals surface area contributed by atoms with Gasteiger partial charge in [0.2, 0.25) is 0 Å². The number of halogens is 4. The Morgan fingerprint density at radius 3 is 1.71 bits per heavy atom. The zero-order valence-corrected chi connectivity index (χ0v) is 26.9. The fourth-order valence-electron chi connectivity index (χ4n) is 6.94. The lowest BCUT2D eigenvalue weighted by Crippen LogP contribution is -2.42. The standard InChI is InChI=1S/C41H37F4N3O/c42-37-36(48(39(49)41(43,44)45)28-29-21-23-31(24-22-29)30-13-5-1-6-14-30)26-25-32(27-46)38(37)47-40(33-15-7-2-8-16-33,34-17-9-3-10-18-34)35-19-11-4-12-20-35/h2-4,7-12,15-27,30,46-47H,1,5-6,13-14,28H2. The van der Waals surface area contributed by atoms with E-state index in [1.165, 1.54) is 12.5 Å². The van der Waals surface area contributed by atoms with Gasteiger partial charge in [0.25, 0.3) is 0 Å². The zero-order chi connectivity index (χ0) is 34.4. The van der Waals surface area contributed by atoms with Gasteiger partial charge < -0.3 is 10.7 Å². The minimum atomic E-state index is -5.26. The van der Waals surface area contributed by atoms with Gasteiger partial charge in [-0.25, -0.2) is 4.39 Å². The molecule has 4 nitrogen and oxygen atoms in total. The number of nitrogens with one attached hydrogen (secondary N) is 2. The van der Waals surface area contributed by atoms with Crippen LogP contribution in [0.25, 0.3) is 0 Å². The first-order valence-corrected chi connectivity index (χ1v) is 16.5. The summed E-state index contributed by atoms with van der Waals surface area (Å²) in [7, 11) is 0. The van der Waals surface area contributed by atoms with Gasteiger partial charge in [-0.3, -0.25) is 9.69 Å². The van der Waals surface area contributed by atoms with E-state index in [1.807, 2.05) is 103 Å². The van der Waals surface area contributed by atoms with E-state index in [4.69, 9.17) is 5.41 Å². The molecule has 1 saturated carbocycles. The molecule has 0 radical (unpaired) electrons. The van der Waals surface area contributed by atoms with Gasteiger partial charge in [0.1, 0.15) is 5.54 Å². The topological polar surface area (TPSA) is 56.2 Å². The van der Waals surface area contributed by atoms with Gasteiger partial charge in [-0.15, -0.1) is 0 Å². The number of alkyl halides is 3. The van der Waals surface area contributed by atoms with Gasteiger partial charge >= 0.3 is 12.1 Å². The van der Waals surface area contributed by atoms with E-state index >= 15 is 4.39 Å². The molecule has 0 atom stereocenters. The number of carbonyl (C=O) groups excluding carboxylic acids is 1. The van der Waals surface area contributed by atoms with Crippen LogP contribution in [-0.4, -0.2) is 18.3 Å². The Bertz CT molecular complexity index is 1780. The number of carbonyl (C=O) groups is 1. The van der Waals surface area contributed by atoms with Crippen LogP contribution in [-0.2, 0) is 16.9 Å². The van der Waals surface area contributed by atoms with E-state index in [1.54, 1.807) is 12.1 Å². The Balaban J connectivity index is 1.48. The summed E-state index contributed by atoms with van der Waals surface area (Å²) in [6, 6.07) is 37.7. The largest absolute Gasteiger partial charge is 0.471 e. The van der Waals surface area contributed by atoms with Gasteiger partial charge in [0.05, 0.1) is 17.9 Å². The second-order valence-electron chi connectivity index (χ2n) is 12.4. The summed E-state index contributed by atoms with van der Waals surface area (Å²) >= 11 is 0. The number of anilines is 2. The molecule has 0 heterocycles. The highest BCUT2D eigenvalue weighted by Crippen LogP contribution is 2.43. The molecule has 5 aromatic rings. The van der Waals surface area contributed by atoms with E-state index in [-0.39, 0.29) is 11.3 Å². The highest BCUT2D eigenvalue weighted by atomic mass is 19.4. The van der Waals surface area contributed by atoms with Crippen molar-refractivity contribution >= 4 is 23.5 Å². The summed E-state index contributed by atoms with van der Waals surface area (Å²) in [5.74, 6) is -2.86. The fraction of sp³-hybridized carbons (Fsp3) is 0.220. The van der Waals surface area contributed by atoms with E-state index in [2.05, 4.69) is 5.32 Å². The number of nitrogens with zero attached hydrogens (tertiary/aromatic N) is 1. The van der Waals surface area contributed by atoms with Crippen LogP contribution in [0.2, 0.25) is 0 Å². The van der Waals surface area contributed by atoms with E-state index in [9.17, 15) is 18.0 Å². The van der Waals surface area contributed by atoms with Crippen LogP contribution in [0.5, 0.6) is 0 Å². The predicted octanol–water partition coefficient (Wildman–Crippen LogP) is 10.4. The maximum Gasteiger partial charge on any atom is 0.471 e. The maximum absolute atomic E-state index is 17.1. The Morgan fingerprint density at radius 2 is 1.24 bits per heavy atom. The predicted molar refractivity (Wildman–Crippen MR) is 187 cm³/mol. The van der Waals surface area contributed by atoms with Crippen molar-refractivity contribution in [3.05, 3.63) is 167 Å². The van der Waals surface area contributed by atoms with Crippen molar-refractivity contribution < 1.29 is 22.4 Å². The van der Waals surface area contributed by atoms with Crippen molar-refractivity contribution in [2.24, 2.45) is 0 Å². The molecule has 1 fully saturated rings. The summed E-state index contributed by atoms with van der Waals surface area (Å²) in [5.41, 5.74) is 1.85. The van der Waals surface area contributed by atoms with Gasteiger partial charge in [0, 0.05) is 11.8 Å². The molecule has 1 aliphatic carbocycles. The minimum absolute atomic E-state index is 0.102. The van der Waals surface area contributed by atoms with E-state index < -0.39 is 35.7 Å². The SMILES string of the molecule is N=Cc1ccc(N(Cc2ccc(C3CCCCC3)cc2)C(=O)C(F)(F)F)c(F)c1NC(c1ccccc1)(c1ccccc1)c1ccccc1. The van der Waals surface area contributed by atoms with Crippen LogP contribution in [0, 0.1) is 11.2 Å². The van der Waals surface area contributed by atoms with Crippen molar-refractivity contribution in [1.29, 1.82) is 5.41 Å². The van der Waals surface area contributed by atoms with E-state index in [0.29, 0.717) is 16.4 Å². The molecule has 0 aliphatic heterocycles. The molecule has 6 rings (SSSR count). The van der Waals surface area contributed by atoms with Crippen LogP contribution in [0.4, 0.5) is 28.9 Å². The number of benzene rings is 5. The molecule has 250 valence electrons. The molecular weight excluding hydrogens is 626 g/mol. The Labute approximate surface area is 283 Å². The number of hydrogen-bond acceptors (Lipinski definition) is 3. The molecule has 1 amide bonds. The summed E-state index contributed by atoms with van der Waals surface area (Å²) < 4.78 is 59.5. The smallest absolute Gasteiger partial charge is 0.365 e. The zero-order valence-electron chi connectivity index (χ0n) is 26.9. The molecule has 5 aromatic carbocycles. The third kappa shape index (κ3) is 7.00. The van der Waals surface area contributed by atoms with Crippen molar-refractivity contribution in [2.45, 2.75) is 56.3 Å². The Kier molecular flexibility index (Phi) is 9.95. The lowest BCUT2D eigenvalue weighted by molar-refractivity contribution is -0.170. The first kappa shape index (κ1) is 33.7. The van der Waals surface area contributed by atoms with Crippen LogP contribution < -0.4 is 10.2 Å². The van der Waals surface area contributed by atoms with E-state index in [0.717, 1.165) is 60.2 Å². The summed E-state index contributed by atoms with van der Waals surface area (Å²) in [5, 5.41) is 11.5. The summed E-state index contributed by atoms with van der Waals surface area (Å²) in [6.07, 6.45) is 1.30. The molecule has 0 saturated heterocycles. The number of amides is 1. The van der Waals surface area contributed by atoms with Crippen molar-refractivity contribution in [1.82, 2.24) is 0 Å². The summed E-state index contributed by atoms with van der Waals surface area (Å²) in [6.45, 7) is -0.495. The van der Waals surface area contributed by atoms with Crippen molar-refractivity contribution in [2.75, 3.05) is 10.2 Å². The lowest BCUT2D eigenvalue weighted by Gasteiger charge is -2.38. The minimum Gasteiger partial charge on any atom is -0.365 e. The quantitative estimate of drug-likeness (QED) is 0.0888. The molecule has 0 aromatic heterocycles. The highest BCUT2D eigenvalue weighted by molar-refractivity contribution is 5.99. The molecule has 49 heavy (non-hydrogen) atoms. The summed E-state index contributed by atoms with van der Waals surface area (Å²) in [4.78, 5) is 13.5. The number of rotatable bonds is 10. The van der Waals surface area contributed by atoms with Crippen LogP contribution in [0.1, 0.15) is 71.4 Å². The van der Waals surface area contributed by atoms with Crippen LogP contribution in [0.3, 0.4) is 0 Å². The van der Waals surface area contributed by atoms with Crippen LogP contribution >= 0.6 is 0 Å². The van der Waals surface area contributed by atoms with Crippen molar-refractivity contribution in [3.8, 4) is 0 Å². The molecule has 0 bridgehead atoms. The third-order valence-corrected chi connectivity index (χ3v) is 9.42. The van der Waals surface area contributed by atoms with Gasteiger partial charge in [-0.05, 0) is 58.7 Å². The number of hydrogen-bond donors (Lipinski definition) is 2. The second-order valence-corrected chi connectivity index (χ2v) is 12.4.